The Balaban J connectivity index is 1.48. The van der Waals surface area contributed by atoms with Gasteiger partial charge in [-0.1, -0.05) is 13.8 Å². The van der Waals surface area contributed by atoms with Crippen molar-refractivity contribution in [3.8, 4) is 0 Å². The highest BCUT2D eigenvalue weighted by atomic mass is 16.5. The molecule has 150 valence electrons. The van der Waals surface area contributed by atoms with Crippen LogP contribution in [-0.4, -0.2) is 67.3 Å². The minimum absolute atomic E-state index is 0.0290. The van der Waals surface area contributed by atoms with E-state index in [9.17, 15) is 4.79 Å². The number of amides is 1. The molecule has 1 amide bonds. The van der Waals surface area contributed by atoms with Crippen LogP contribution in [0.4, 0.5) is 5.82 Å². The molecular weight excluding hydrogens is 340 g/mol. The van der Waals surface area contributed by atoms with E-state index in [2.05, 4.69) is 47.8 Å². The molecule has 0 radical (unpaired) electrons. The number of nitrogens with zero attached hydrogens (tertiary/aromatic N) is 3. The van der Waals surface area contributed by atoms with E-state index in [1.165, 1.54) is 0 Å². The number of hydrogen-bond acceptors (Lipinski definition) is 5. The zero-order valence-electron chi connectivity index (χ0n) is 17.2. The Kier molecular flexibility index (Phi) is 6.37. The highest BCUT2D eigenvalue weighted by Gasteiger charge is 2.28. The fourth-order valence-electron chi connectivity index (χ4n) is 4.02. The van der Waals surface area contributed by atoms with Crippen LogP contribution in [0.5, 0.6) is 0 Å². The van der Waals surface area contributed by atoms with Crippen molar-refractivity contribution in [2.75, 3.05) is 50.8 Å². The van der Waals surface area contributed by atoms with Crippen LogP contribution in [0.2, 0.25) is 0 Å². The molecule has 6 nitrogen and oxygen atoms in total. The Labute approximate surface area is 163 Å². The molecule has 1 N–H and O–H groups in total. The molecule has 3 heterocycles. The fourth-order valence-corrected chi connectivity index (χ4v) is 4.02. The molecule has 2 fully saturated rings. The molecule has 6 heteroatoms. The van der Waals surface area contributed by atoms with Crippen molar-refractivity contribution in [1.82, 2.24) is 15.2 Å². The van der Waals surface area contributed by atoms with Gasteiger partial charge in [-0.3, -0.25) is 4.79 Å². The van der Waals surface area contributed by atoms with Crippen LogP contribution >= 0.6 is 0 Å². The normalized spacial score (nSPS) is 23.0. The Morgan fingerprint density at radius 3 is 2.85 bits per heavy atom. The van der Waals surface area contributed by atoms with E-state index < -0.39 is 0 Å². The molecule has 2 aliphatic heterocycles. The molecule has 0 spiro atoms. The van der Waals surface area contributed by atoms with Crippen LogP contribution in [0.25, 0.3) is 0 Å². The third-order valence-electron chi connectivity index (χ3n) is 5.30. The van der Waals surface area contributed by atoms with Crippen LogP contribution in [0, 0.1) is 11.8 Å². The van der Waals surface area contributed by atoms with Crippen LogP contribution in [-0.2, 0) is 4.74 Å². The lowest BCUT2D eigenvalue weighted by molar-refractivity contribution is -0.0279. The van der Waals surface area contributed by atoms with E-state index in [1.807, 2.05) is 12.1 Å². The number of rotatable bonds is 6. The minimum atomic E-state index is -0.166. The first-order chi connectivity index (χ1) is 12.8. The summed E-state index contributed by atoms with van der Waals surface area (Å²) in [5.74, 6) is 2.12. The highest BCUT2D eigenvalue weighted by molar-refractivity contribution is 5.94. The number of hydrogen-bond donors (Lipinski definition) is 1. The van der Waals surface area contributed by atoms with Gasteiger partial charge < -0.3 is 19.9 Å². The average Bonchev–Trinajstić information content (AvgIpc) is 3.05. The molecule has 1 unspecified atom stereocenters. The van der Waals surface area contributed by atoms with Gasteiger partial charge >= 0.3 is 0 Å². The Morgan fingerprint density at radius 1 is 1.37 bits per heavy atom. The zero-order valence-corrected chi connectivity index (χ0v) is 17.2. The second-order valence-electron chi connectivity index (χ2n) is 8.95. The van der Waals surface area contributed by atoms with Crippen molar-refractivity contribution in [1.29, 1.82) is 0 Å². The van der Waals surface area contributed by atoms with Gasteiger partial charge in [0.05, 0.1) is 17.8 Å². The summed E-state index contributed by atoms with van der Waals surface area (Å²) in [5, 5.41) is 3.09. The molecular formula is C21H34N4O2. The predicted octanol–water partition coefficient (Wildman–Crippen LogP) is 2.40. The molecule has 2 saturated heterocycles. The highest BCUT2D eigenvalue weighted by Crippen LogP contribution is 2.21. The molecule has 0 aromatic carbocycles. The lowest BCUT2D eigenvalue weighted by Crippen LogP contribution is -2.48. The van der Waals surface area contributed by atoms with Gasteiger partial charge in [-0.25, -0.2) is 4.98 Å². The fraction of sp³-hybridized carbons (Fsp3) is 0.714. The van der Waals surface area contributed by atoms with Crippen LogP contribution in [0.3, 0.4) is 0 Å². The van der Waals surface area contributed by atoms with Crippen molar-refractivity contribution in [2.24, 2.45) is 11.8 Å². The first-order valence-corrected chi connectivity index (χ1v) is 10.2. The van der Waals surface area contributed by atoms with E-state index in [0.29, 0.717) is 24.0 Å². The molecule has 0 bridgehead atoms. The average molecular weight is 375 g/mol. The van der Waals surface area contributed by atoms with E-state index >= 15 is 0 Å². The van der Waals surface area contributed by atoms with Crippen LogP contribution in [0.15, 0.2) is 18.3 Å². The lowest BCUT2D eigenvalue weighted by Gasteiger charge is -2.38. The standard InChI is InChI=1S/C21H34N4O2/c1-16(2)13-24-8-7-17(14-24)11-23-20(26)18-5-6-19(22-12-18)25-9-10-27-21(3,4)15-25/h5-6,12,16-17H,7-11,13-15H2,1-4H3,(H,23,26). The van der Waals surface area contributed by atoms with Crippen molar-refractivity contribution in [3.05, 3.63) is 23.9 Å². The van der Waals surface area contributed by atoms with Crippen molar-refractivity contribution in [3.63, 3.8) is 0 Å². The van der Waals surface area contributed by atoms with Crippen LogP contribution in [0.1, 0.15) is 44.5 Å². The SMILES string of the molecule is CC(C)CN1CCC(CNC(=O)c2ccc(N3CCOC(C)(C)C3)nc2)C1. The molecule has 1 aromatic heterocycles. The van der Waals surface area contributed by atoms with Crippen molar-refractivity contribution >= 4 is 11.7 Å². The Morgan fingerprint density at radius 2 is 2.19 bits per heavy atom. The number of morpholine rings is 1. The topological polar surface area (TPSA) is 57.7 Å². The van der Waals surface area contributed by atoms with Gasteiger partial charge in [0.25, 0.3) is 5.91 Å². The van der Waals surface area contributed by atoms with Gasteiger partial charge in [-0.15, -0.1) is 0 Å². The number of nitrogens with one attached hydrogen (secondary N) is 1. The Hall–Kier alpha value is -1.66. The summed E-state index contributed by atoms with van der Waals surface area (Å²) in [6.07, 6.45) is 2.85. The number of pyridine rings is 1. The van der Waals surface area contributed by atoms with E-state index in [0.717, 1.165) is 51.5 Å². The van der Waals surface area contributed by atoms with Gasteiger partial charge in [0, 0.05) is 38.9 Å². The number of likely N-dealkylation sites (tertiary alicyclic amines) is 1. The van der Waals surface area contributed by atoms with Crippen molar-refractivity contribution in [2.45, 2.75) is 39.7 Å². The second-order valence-corrected chi connectivity index (χ2v) is 8.95. The van der Waals surface area contributed by atoms with Gasteiger partial charge in [0.1, 0.15) is 5.82 Å². The lowest BCUT2D eigenvalue weighted by atomic mass is 10.1. The van der Waals surface area contributed by atoms with Gasteiger partial charge in [-0.05, 0) is 50.8 Å². The number of ether oxygens (including phenoxy) is 1. The van der Waals surface area contributed by atoms with Gasteiger partial charge in [0.2, 0.25) is 0 Å². The van der Waals surface area contributed by atoms with Crippen molar-refractivity contribution < 1.29 is 9.53 Å². The first kappa shape index (κ1) is 20.1. The quantitative estimate of drug-likeness (QED) is 0.829. The molecule has 2 aliphatic rings. The molecule has 1 aromatic rings. The van der Waals surface area contributed by atoms with Gasteiger partial charge in [0.15, 0.2) is 0 Å². The number of anilines is 1. The maximum Gasteiger partial charge on any atom is 0.252 e. The molecule has 27 heavy (non-hydrogen) atoms. The van der Waals surface area contributed by atoms with E-state index in [4.69, 9.17) is 4.74 Å². The third-order valence-corrected chi connectivity index (χ3v) is 5.30. The summed E-state index contributed by atoms with van der Waals surface area (Å²) < 4.78 is 5.75. The molecule has 0 saturated carbocycles. The maximum absolute atomic E-state index is 12.5. The summed E-state index contributed by atoms with van der Waals surface area (Å²) in [7, 11) is 0. The summed E-state index contributed by atoms with van der Waals surface area (Å²) in [4.78, 5) is 21.7. The predicted molar refractivity (Wildman–Crippen MR) is 108 cm³/mol. The summed E-state index contributed by atoms with van der Waals surface area (Å²) >= 11 is 0. The van der Waals surface area contributed by atoms with E-state index in [-0.39, 0.29) is 11.5 Å². The zero-order chi connectivity index (χ0) is 19.4. The molecule has 1 atom stereocenters. The number of carbonyl (C=O) groups is 1. The van der Waals surface area contributed by atoms with Gasteiger partial charge in [-0.2, -0.15) is 0 Å². The Bertz CT molecular complexity index is 630. The monoisotopic (exact) mass is 374 g/mol. The third kappa shape index (κ3) is 5.66. The smallest absolute Gasteiger partial charge is 0.252 e. The van der Waals surface area contributed by atoms with E-state index in [1.54, 1.807) is 6.20 Å². The number of carbonyl (C=O) groups excluding carboxylic acids is 1. The van der Waals surface area contributed by atoms with Crippen LogP contribution < -0.4 is 10.2 Å². The molecule has 3 rings (SSSR count). The second kappa shape index (κ2) is 8.57. The minimum Gasteiger partial charge on any atom is -0.372 e. The summed E-state index contributed by atoms with van der Waals surface area (Å²) in [6.45, 7) is 15.1. The maximum atomic E-state index is 12.5. The summed E-state index contributed by atoms with van der Waals surface area (Å²) in [5.41, 5.74) is 0.462. The molecule has 0 aliphatic carbocycles. The number of aromatic nitrogens is 1. The summed E-state index contributed by atoms with van der Waals surface area (Å²) in [6, 6.07) is 3.82. The largest absolute Gasteiger partial charge is 0.372 e. The first-order valence-electron chi connectivity index (χ1n) is 10.2.